The first kappa shape index (κ1) is 15.6. The summed E-state index contributed by atoms with van der Waals surface area (Å²) in [7, 11) is 1.60. The number of methoxy groups -OCH3 is 1. The molecule has 0 heterocycles. The van der Waals surface area contributed by atoms with Gasteiger partial charge in [0, 0.05) is 5.69 Å². The Morgan fingerprint density at radius 3 is 2.36 bits per heavy atom. The highest BCUT2D eigenvalue weighted by molar-refractivity contribution is 5.94. The molecular formula is C18H18N2O2. The van der Waals surface area contributed by atoms with E-state index in [9.17, 15) is 10.1 Å². The Morgan fingerprint density at radius 2 is 1.82 bits per heavy atom. The molecule has 0 aliphatic carbocycles. The second-order valence-corrected chi connectivity index (χ2v) is 5.09. The zero-order valence-corrected chi connectivity index (χ0v) is 12.7. The van der Waals surface area contributed by atoms with Gasteiger partial charge < -0.3 is 10.1 Å². The number of carbonyl (C=O) groups is 1. The fraction of sp³-hybridized carbons (Fsp3) is 0.222. The van der Waals surface area contributed by atoms with Crippen LogP contribution in [0.15, 0.2) is 48.5 Å². The van der Waals surface area contributed by atoms with E-state index in [2.05, 4.69) is 11.4 Å². The number of amides is 1. The van der Waals surface area contributed by atoms with Gasteiger partial charge in [0.25, 0.3) is 0 Å². The Kier molecular flexibility index (Phi) is 5.16. The number of ether oxygens (including phenoxy) is 1. The molecule has 4 heteroatoms. The molecule has 2 rings (SSSR count). The van der Waals surface area contributed by atoms with Gasteiger partial charge in [-0.1, -0.05) is 29.8 Å². The molecule has 1 N–H and O–H groups in total. The first-order valence-corrected chi connectivity index (χ1v) is 7.02. The van der Waals surface area contributed by atoms with E-state index in [0.29, 0.717) is 12.1 Å². The fourth-order valence-corrected chi connectivity index (χ4v) is 2.06. The largest absolute Gasteiger partial charge is 0.497 e. The number of nitrogens with one attached hydrogen (secondary N) is 1. The third-order valence-electron chi connectivity index (χ3n) is 3.39. The molecule has 22 heavy (non-hydrogen) atoms. The number of rotatable bonds is 5. The summed E-state index contributed by atoms with van der Waals surface area (Å²) < 4.78 is 5.09. The van der Waals surface area contributed by atoms with E-state index in [4.69, 9.17) is 4.74 Å². The topological polar surface area (TPSA) is 62.1 Å². The monoisotopic (exact) mass is 294 g/mol. The van der Waals surface area contributed by atoms with Gasteiger partial charge >= 0.3 is 0 Å². The van der Waals surface area contributed by atoms with Gasteiger partial charge in [0.1, 0.15) is 11.7 Å². The molecule has 4 nitrogen and oxygen atoms in total. The van der Waals surface area contributed by atoms with Crippen molar-refractivity contribution in [3.63, 3.8) is 0 Å². The first-order valence-electron chi connectivity index (χ1n) is 7.02. The highest BCUT2D eigenvalue weighted by Gasteiger charge is 2.18. The van der Waals surface area contributed by atoms with Crippen LogP contribution in [0.1, 0.15) is 11.1 Å². The summed E-state index contributed by atoms with van der Waals surface area (Å²) in [5, 5.41) is 12.0. The number of aryl methyl sites for hydroxylation is 1. The third-order valence-corrected chi connectivity index (χ3v) is 3.39. The molecule has 2 aromatic carbocycles. The number of benzene rings is 2. The van der Waals surface area contributed by atoms with Gasteiger partial charge in [0.15, 0.2) is 0 Å². The molecule has 0 aliphatic heterocycles. The maximum atomic E-state index is 12.2. The quantitative estimate of drug-likeness (QED) is 0.920. The van der Waals surface area contributed by atoms with E-state index in [1.807, 2.05) is 55.5 Å². The van der Waals surface area contributed by atoms with Crippen molar-refractivity contribution < 1.29 is 9.53 Å². The zero-order chi connectivity index (χ0) is 15.9. The van der Waals surface area contributed by atoms with Crippen molar-refractivity contribution >= 4 is 11.6 Å². The van der Waals surface area contributed by atoms with Gasteiger partial charge in [-0.05, 0) is 43.2 Å². The lowest BCUT2D eigenvalue weighted by Crippen LogP contribution is -2.23. The summed E-state index contributed by atoms with van der Waals surface area (Å²) in [6.07, 6.45) is 0.373. The summed E-state index contributed by atoms with van der Waals surface area (Å²) in [6, 6.07) is 16.9. The summed E-state index contributed by atoms with van der Waals surface area (Å²) in [5.74, 6) is -0.266. The van der Waals surface area contributed by atoms with Crippen molar-refractivity contribution in [1.82, 2.24) is 0 Å². The van der Waals surface area contributed by atoms with E-state index in [1.165, 1.54) is 0 Å². The van der Waals surface area contributed by atoms with Gasteiger partial charge in [-0.25, -0.2) is 0 Å². The summed E-state index contributed by atoms with van der Waals surface area (Å²) in [4.78, 5) is 12.2. The number of nitrogens with zero attached hydrogens (tertiary/aromatic N) is 1. The second kappa shape index (κ2) is 7.28. The lowest BCUT2D eigenvalue weighted by molar-refractivity contribution is -0.118. The molecule has 0 saturated heterocycles. The second-order valence-electron chi connectivity index (χ2n) is 5.09. The van der Waals surface area contributed by atoms with Crippen LogP contribution in [0.25, 0.3) is 0 Å². The van der Waals surface area contributed by atoms with E-state index >= 15 is 0 Å². The lowest BCUT2D eigenvalue weighted by atomic mass is 9.99. The molecule has 1 amide bonds. The smallest absolute Gasteiger partial charge is 0.242 e. The van der Waals surface area contributed by atoms with E-state index < -0.39 is 5.92 Å². The average molecular weight is 294 g/mol. The molecule has 112 valence electrons. The molecule has 0 unspecified atom stereocenters. The highest BCUT2D eigenvalue weighted by atomic mass is 16.5. The van der Waals surface area contributed by atoms with Crippen molar-refractivity contribution in [2.75, 3.05) is 12.4 Å². The van der Waals surface area contributed by atoms with Crippen molar-refractivity contribution in [3.8, 4) is 11.8 Å². The van der Waals surface area contributed by atoms with Crippen molar-refractivity contribution in [3.05, 3.63) is 59.7 Å². The fourth-order valence-electron chi connectivity index (χ4n) is 2.06. The van der Waals surface area contributed by atoms with Gasteiger partial charge in [0.2, 0.25) is 5.91 Å². The Balaban J connectivity index is 2.02. The van der Waals surface area contributed by atoms with Crippen LogP contribution in [0.5, 0.6) is 5.75 Å². The van der Waals surface area contributed by atoms with Crippen molar-refractivity contribution in [2.24, 2.45) is 5.92 Å². The maximum absolute atomic E-state index is 12.2. The molecule has 0 aliphatic rings. The van der Waals surface area contributed by atoms with E-state index in [1.54, 1.807) is 7.11 Å². The summed E-state index contributed by atoms with van der Waals surface area (Å²) in [5.41, 5.74) is 2.74. The van der Waals surface area contributed by atoms with Gasteiger partial charge in [-0.2, -0.15) is 5.26 Å². The Bertz CT molecular complexity index is 670. The molecule has 1 atom stereocenters. The molecule has 0 fully saturated rings. The van der Waals surface area contributed by atoms with Crippen LogP contribution in [-0.2, 0) is 11.2 Å². The minimum atomic E-state index is -0.727. The van der Waals surface area contributed by atoms with Crippen LogP contribution in [0.4, 0.5) is 5.69 Å². The van der Waals surface area contributed by atoms with E-state index in [0.717, 1.165) is 16.9 Å². The third kappa shape index (κ3) is 4.10. The van der Waals surface area contributed by atoms with Crippen LogP contribution in [-0.4, -0.2) is 13.0 Å². The molecule has 0 radical (unpaired) electrons. The van der Waals surface area contributed by atoms with Crippen molar-refractivity contribution in [1.29, 1.82) is 5.26 Å². The normalized spacial score (nSPS) is 11.3. The Hall–Kier alpha value is -2.80. The van der Waals surface area contributed by atoms with Crippen LogP contribution in [0.3, 0.4) is 0 Å². The number of anilines is 1. The van der Waals surface area contributed by atoms with Gasteiger partial charge in [-0.3, -0.25) is 4.79 Å². The molecule has 2 aromatic rings. The summed E-state index contributed by atoms with van der Waals surface area (Å²) >= 11 is 0. The van der Waals surface area contributed by atoms with Crippen molar-refractivity contribution in [2.45, 2.75) is 13.3 Å². The highest BCUT2D eigenvalue weighted by Crippen LogP contribution is 2.16. The average Bonchev–Trinajstić information content (AvgIpc) is 2.55. The predicted molar refractivity (Wildman–Crippen MR) is 85.6 cm³/mol. The van der Waals surface area contributed by atoms with Gasteiger partial charge in [-0.15, -0.1) is 0 Å². The Morgan fingerprint density at radius 1 is 1.18 bits per heavy atom. The number of nitriles is 1. The number of carbonyl (C=O) groups excluding carboxylic acids is 1. The SMILES string of the molecule is COc1ccc(C[C@H](C#N)C(=O)Nc2ccc(C)cc2)cc1. The molecular weight excluding hydrogens is 276 g/mol. The number of hydrogen-bond acceptors (Lipinski definition) is 3. The lowest BCUT2D eigenvalue weighted by Gasteiger charge is -2.11. The molecule has 0 spiro atoms. The Labute approximate surface area is 130 Å². The summed E-state index contributed by atoms with van der Waals surface area (Å²) in [6.45, 7) is 1.98. The first-order chi connectivity index (χ1) is 10.6. The van der Waals surface area contributed by atoms with E-state index in [-0.39, 0.29) is 5.91 Å². The van der Waals surface area contributed by atoms with Crippen LogP contribution >= 0.6 is 0 Å². The zero-order valence-electron chi connectivity index (χ0n) is 12.7. The minimum Gasteiger partial charge on any atom is -0.497 e. The molecule has 0 saturated carbocycles. The van der Waals surface area contributed by atoms with Gasteiger partial charge in [0.05, 0.1) is 13.2 Å². The maximum Gasteiger partial charge on any atom is 0.242 e. The van der Waals surface area contributed by atoms with Crippen LogP contribution in [0, 0.1) is 24.2 Å². The minimum absolute atomic E-state index is 0.290. The predicted octanol–water partition coefficient (Wildman–Crippen LogP) is 3.32. The molecule has 0 bridgehead atoms. The van der Waals surface area contributed by atoms with Crippen LogP contribution < -0.4 is 10.1 Å². The molecule has 0 aromatic heterocycles. The number of hydrogen-bond donors (Lipinski definition) is 1. The standard InChI is InChI=1S/C18H18N2O2/c1-13-3-7-16(8-4-13)20-18(21)15(12-19)11-14-5-9-17(22-2)10-6-14/h3-10,15H,11H2,1-2H3,(H,20,21)/t15-/m1/s1. The van der Waals surface area contributed by atoms with Crippen LogP contribution in [0.2, 0.25) is 0 Å².